The fraction of sp³-hybridized carbons (Fsp3) is 0.900. The van der Waals surface area contributed by atoms with Crippen molar-refractivity contribution in [2.75, 3.05) is 19.6 Å². The van der Waals surface area contributed by atoms with Gasteiger partial charge in [0, 0.05) is 31.6 Å². The van der Waals surface area contributed by atoms with E-state index in [1.54, 1.807) is 0 Å². The smallest absolute Gasteiger partial charge is 0.225 e. The van der Waals surface area contributed by atoms with Gasteiger partial charge < -0.3 is 10.2 Å². The number of carbonyl (C=O) groups excluding carboxylic acids is 1. The fourth-order valence-corrected chi connectivity index (χ4v) is 2.45. The molecule has 0 aromatic carbocycles. The van der Waals surface area contributed by atoms with Gasteiger partial charge in [-0.05, 0) is 12.3 Å². The van der Waals surface area contributed by atoms with Crippen LogP contribution in [0.25, 0.3) is 0 Å². The molecule has 2 aliphatic heterocycles. The third-order valence-electron chi connectivity index (χ3n) is 3.22. The average molecular weight is 182 g/mol. The van der Waals surface area contributed by atoms with Crippen LogP contribution in [0.1, 0.15) is 20.3 Å². The minimum absolute atomic E-state index is 0.152. The van der Waals surface area contributed by atoms with Crippen molar-refractivity contribution in [3.05, 3.63) is 0 Å². The molecule has 1 amide bonds. The predicted molar refractivity (Wildman–Crippen MR) is 51.3 cm³/mol. The molecule has 0 unspecified atom stereocenters. The number of hydrogen-bond acceptors (Lipinski definition) is 2. The first-order chi connectivity index (χ1) is 6.20. The van der Waals surface area contributed by atoms with Crippen molar-refractivity contribution in [1.29, 1.82) is 0 Å². The van der Waals surface area contributed by atoms with Gasteiger partial charge in [0.15, 0.2) is 0 Å². The second-order valence-corrected chi connectivity index (χ2v) is 4.46. The molecule has 0 aliphatic carbocycles. The standard InChI is InChI=1S/C10H18N2O/c1-7(2)10(13)12-4-3-8-5-11-6-9(8)12/h7-9,11H,3-6H2,1-2H3/t8-,9+/m0/s1. The molecular formula is C10H18N2O. The van der Waals surface area contributed by atoms with E-state index in [0.717, 1.165) is 25.6 Å². The topological polar surface area (TPSA) is 32.3 Å². The van der Waals surface area contributed by atoms with Crippen molar-refractivity contribution < 1.29 is 4.79 Å². The van der Waals surface area contributed by atoms with Crippen LogP contribution in [-0.2, 0) is 4.79 Å². The molecule has 0 saturated carbocycles. The quantitative estimate of drug-likeness (QED) is 0.639. The van der Waals surface area contributed by atoms with E-state index in [2.05, 4.69) is 10.2 Å². The Bertz CT molecular complexity index is 215. The van der Waals surface area contributed by atoms with Gasteiger partial charge in [-0.2, -0.15) is 0 Å². The summed E-state index contributed by atoms with van der Waals surface area (Å²) in [5.74, 6) is 1.21. The first-order valence-corrected chi connectivity index (χ1v) is 5.21. The van der Waals surface area contributed by atoms with Crippen LogP contribution in [0, 0.1) is 11.8 Å². The molecule has 0 aromatic heterocycles. The largest absolute Gasteiger partial charge is 0.338 e. The molecule has 2 heterocycles. The average Bonchev–Trinajstić information content (AvgIpc) is 2.61. The van der Waals surface area contributed by atoms with Crippen molar-refractivity contribution in [1.82, 2.24) is 10.2 Å². The highest BCUT2D eigenvalue weighted by molar-refractivity contribution is 5.78. The van der Waals surface area contributed by atoms with Crippen molar-refractivity contribution >= 4 is 5.91 Å². The molecule has 2 fully saturated rings. The number of carbonyl (C=O) groups is 1. The van der Waals surface area contributed by atoms with Crippen molar-refractivity contribution in [3.8, 4) is 0 Å². The van der Waals surface area contributed by atoms with Gasteiger partial charge in [0.1, 0.15) is 0 Å². The Morgan fingerprint density at radius 2 is 2.23 bits per heavy atom. The summed E-state index contributed by atoms with van der Waals surface area (Å²) < 4.78 is 0. The lowest BCUT2D eigenvalue weighted by Gasteiger charge is -2.25. The number of rotatable bonds is 1. The zero-order valence-corrected chi connectivity index (χ0v) is 8.42. The lowest BCUT2D eigenvalue weighted by molar-refractivity contribution is -0.135. The van der Waals surface area contributed by atoms with Crippen LogP contribution in [0.3, 0.4) is 0 Å². The van der Waals surface area contributed by atoms with Crippen molar-refractivity contribution in [2.45, 2.75) is 26.3 Å². The molecule has 2 saturated heterocycles. The van der Waals surface area contributed by atoms with Crippen LogP contribution in [0.15, 0.2) is 0 Å². The fourth-order valence-electron chi connectivity index (χ4n) is 2.45. The second-order valence-electron chi connectivity index (χ2n) is 4.46. The van der Waals surface area contributed by atoms with Gasteiger partial charge in [-0.25, -0.2) is 0 Å². The monoisotopic (exact) mass is 182 g/mol. The summed E-state index contributed by atoms with van der Waals surface area (Å²) in [5.41, 5.74) is 0. The zero-order valence-electron chi connectivity index (χ0n) is 8.42. The molecule has 13 heavy (non-hydrogen) atoms. The van der Waals surface area contributed by atoms with E-state index in [0.29, 0.717) is 11.9 Å². The molecule has 74 valence electrons. The van der Waals surface area contributed by atoms with Gasteiger partial charge >= 0.3 is 0 Å². The molecule has 1 N–H and O–H groups in total. The summed E-state index contributed by atoms with van der Waals surface area (Å²) in [6.07, 6.45) is 1.19. The number of nitrogens with one attached hydrogen (secondary N) is 1. The number of fused-ring (bicyclic) bond motifs is 1. The van der Waals surface area contributed by atoms with Crippen LogP contribution in [0.2, 0.25) is 0 Å². The molecule has 2 rings (SSSR count). The highest BCUT2D eigenvalue weighted by Gasteiger charge is 2.40. The first-order valence-electron chi connectivity index (χ1n) is 5.21. The summed E-state index contributed by atoms with van der Waals surface area (Å²) in [6, 6.07) is 0.495. The Labute approximate surface area is 79.5 Å². The zero-order chi connectivity index (χ0) is 9.42. The Morgan fingerprint density at radius 3 is 2.92 bits per heavy atom. The van der Waals surface area contributed by atoms with Gasteiger partial charge in [0.05, 0.1) is 0 Å². The third kappa shape index (κ3) is 1.46. The highest BCUT2D eigenvalue weighted by atomic mass is 16.2. The van der Waals surface area contributed by atoms with E-state index in [1.165, 1.54) is 6.42 Å². The maximum Gasteiger partial charge on any atom is 0.225 e. The van der Waals surface area contributed by atoms with Crippen LogP contribution in [-0.4, -0.2) is 36.5 Å². The first kappa shape index (κ1) is 9.00. The van der Waals surface area contributed by atoms with E-state index in [-0.39, 0.29) is 5.92 Å². The van der Waals surface area contributed by atoms with Crippen molar-refractivity contribution in [3.63, 3.8) is 0 Å². The van der Waals surface area contributed by atoms with Crippen LogP contribution in [0.5, 0.6) is 0 Å². The van der Waals surface area contributed by atoms with E-state index in [1.807, 2.05) is 13.8 Å². The van der Waals surface area contributed by atoms with E-state index >= 15 is 0 Å². The minimum atomic E-state index is 0.152. The Hall–Kier alpha value is -0.570. The van der Waals surface area contributed by atoms with Crippen LogP contribution < -0.4 is 5.32 Å². The van der Waals surface area contributed by atoms with Crippen LogP contribution >= 0.6 is 0 Å². The highest BCUT2D eigenvalue weighted by Crippen LogP contribution is 2.28. The van der Waals surface area contributed by atoms with Crippen LogP contribution in [0.4, 0.5) is 0 Å². The lowest BCUT2D eigenvalue weighted by Crippen LogP contribution is -2.41. The lowest BCUT2D eigenvalue weighted by atomic mass is 10.0. The van der Waals surface area contributed by atoms with Gasteiger partial charge in [-0.15, -0.1) is 0 Å². The molecule has 3 nitrogen and oxygen atoms in total. The Balaban J connectivity index is 2.04. The molecule has 3 heteroatoms. The molecule has 0 bridgehead atoms. The van der Waals surface area contributed by atoms with Gasteiger partial charge in [-0.1, -0.05) is 13.8 Å². The maximum absolute atomic E-state index is 11.8. The summed E-state index contributed by atoms with van der Waals surface area (Å²) in [4.78, 5) is 13.9. The summed E-state index contributed by atoms with van der Waals surface area (Å²) in [5, 5.41) is 3.35. The molecule has 0 aromatic rings. The number of amides is 1. The number of likely N-dealkylation sites (tertiary alicyclic amines) is 1. The molecular weight excluding hydrogens is 164 g/mol. The maximum atomic E-state index is 11.8. The van der Waals surface area contributed by atoms with E-state index < -0.39 is 0 Å². The predicted octanol–water partition coefficient (Wildman–Crippen LogP) is 0.463. The van der Waals surface area contributed by atoms with Crippen molar-refractivity contribution in [2.24, 2.45) is 11.8 Å². The van der Waals surface area contributed by atoms with E-state index in [9.17, 15) is 4.79 Å². The third-order valence-corrected chi connectivity index (χ3v) is 3.22. The molecule has 0 radical (unpaired) electrons. The minimum Gasteiger partial charge on any atom is -0.338 e. The molecule has 2 atom stereocenters. The second kappa shape index (κ2) is 3.29. The SMILES string of the molecule is CC(C)C(=O)N1CC[C@H]2CNC[C@H]21. The molecule has 0 spiro atoms. The number of nitrogens with zero attached hydrogens (tertiary/aromatic N) is 1. The van der Waals surface area contributed by atoms with Gasteiger partial charge in [0.25, 0.3) is 0 Å². The number of hydrogen-bond donors (Lipinski definition) is 1. The molecule has 2 aliphatic rings. The summed E-state index contributed by atoms with van der Waals surface area (Å²) in [6.45, 7) is 7.06. The van der Waals surface area contributed by atoms with Gasteiger partial charge in [-0.3, -0.25) is 4.79 Å². The Morgan fingerprint density at radius 1 is 1.46 bits per heavy atom. The normalized spacial score (nSPS) is 32.7. The summed E-state index contributed by atoms with van der Waals surface area (Å²) in [7, 11) is 0. The summed E-state index contributed by atoms with van der Waals surface area (Å²) >= 11 is 0. The Kier molecular flexibility index (Phi) is 2.28. The van der Waals surface area contributed by atoms with E-state index in [4.69, 9.17) is 0 Å². The van der Waals surface area contributed by atoms with Gasteiger partial charge in [0.2, 0.25) is 5.91 Å².